The number of carbonyl (C=O) groups excluding carboxylic acids is 3. The van der Waals surface area contributed by atoms with Crippen LogP contribution >= 0.6 is 0 Å². The van der Waals surface area contributed by atoms with Crippen LogP contribution in [0, 0.1) is 0 Å². The third-order valence-corrected chi connectivity index (χ3v) is 4.10. The quantitative estimate of drug-likeness (QED) is 0.382. The maximum atomic E-state index is 12.5. The molecule has 3 fully saturated rings. The van der Waals surface area contributed by atoms with E-state index in [0.29, 0.717) is 19.8 Å². The van der Waals surface area contributed by atoms with Crippen molar-refractivity contribution >= 4 is 18.2 Å². The lowest BCUT2D eigenvalue weighted by atomic mass is 10.0. The monoisotopic (exact) mass is 282 g/mol. The van der Waals surface area contributed by atoms with Crippen LogP contribution in [0.2, 0.25) is 0 Å². The second-order valence-electron chi connectivity index (χ2n) is 5.92. The number of rotatable bonds is 6. The van der Waals surface area contributed by atoms with Crippen molar-refractivity contribution in [1.29, 1.82) is 0 Å². The normalized spacial score (nSPS) is 32.5. The summed E-state index contributed by atoms with van der Waals surface area (Å²) >= 11 is 0. The van der Waals surface area contributed by atoms with E-state index >= 15 is 0 Å². The third-order valence-electron chi connectivity index (χ3n) is 4.10. The van der Waals surface area contributed by atoms with Crippen LogP contribution in [0.1, 0.15) is 20.3 Å². The Balaban J connectivity index is 1.84. The number of amides is 3. The zero-order valence-corrected chi connectivity index (χ0v) is 11.6. The first-order chi connectivity index (χ1) is 9.46. The van der Waals surface area contributed by atoms with Crippen LogP contribution in [0.4, 0.5) is 4.79 Å². The fourth-order valence-corrected chi connectivity index (χ4v) is 2.64. The summed E-state index contributed by atoms with van der Waals surface area (Å²) in [6.45, 7) is 4.97. The molecule has 3 unspecified atom stereocenters. The van der Waals surface area contributed by atoms with Crippen molar-refractivity contribution < 1.29 is 23.9 Å². The van der Waals surface area contributed by atoms with E-state index < -0.39 is 11.6 Å². The fourth-order valence-electron chi connectivity index (χ4n) is 2.64. The number of hydrogen-bond donors (Lipinski definition) is 0. The summed E-state index contributed by atoms with van der Waals surface area (Å²) < 4.78 is 10.3. The maximum Gasteiger partial charge on any atom is 0.328 e. The van der Waals surface area contributed by atoms with Gasteiger partial charge in [-0.25, -0.2) is 4.79 Å². The SMILES string of the molecule is CC1(C)C(=O)N(C(CC=O)C2CO2)C(=O)N1CC1CO1. The molecule has 7 heteroatoms. The lowest BCUT2D eigenvalue weighted by molar-refractivity contribution is -0.133. The third kappa shape index (κ3) is 2.10. The lowest BCUT2D eigenvalue weighted by Gasteiger charge is -2.26. The predicted molar refractivity (Wildman–Crippen MR) is 67.0 cm³/mol. The summed E-state index contributed by atoms with van der Waals surface area (Å²) in [5.74, 6) is -0.273. The number of ether oxygens (including phenoxy) is 2. The molecule has 3 aliphatic rings. The molecule has 3 aliphatic heterocycles. The van der Waals surface area contributed by atoms with Crippen molar-refractivity contribution in [3.05, 3.63) is 0 Å². The van der Waals surface area contributed by atoms with Gasteiger partial charge in [0.25, 0.3) is 5.91 Å². The Morgan fingerprint density at radius 3 is 2.50 bits per heavy atom. The van der Waals surface area contributed by atoms with Crippen molar-refractivity contribution in [2.45, 2.75) is 44.1 Å². The molecule has 3 heterocycles. The molecule has 0 N–H and O–H groups in total. The summed E-state index contributed by atoms with van der Waals surface area (Å²) in [6.07, 6.45) is 0.659. The zero-order chi connectivity index (χ0) is 14.5. The molecule has 20 heavy (non-hydrogen) atoms. The predicted octanol–water partition coefficient (Wildman–Crippen LogP) is -0.216. The average Bonchev–Trinajstić information content (AvgIpc) is 3.27. The van der Waals surface area contributed by atoms with Gasteiger partial charge in [0.15, 0.2) is 0 Å². The minimum absolute atomic E-state index is 0.0210. The number of hydrogen-bond acceptors (Lipinski definition) is 5. The molecular weight excluding hydrogens is 264 g/mol. The van der Waals surface area contributed by atoms with Crippen LogP contribution in [-0.4, -0.2) is 71.6 Å². The minimum Gasteiger partial charge on any atom is -0.371 e. The van der Waals surface area contributed by atoms with Crippen molar-refractivity contribution in [2.75, 3.05) is 19.8 Å². The fraction of sp³-hybridized carbons (Fsp3) is 0.769. The topological polar surface area (TPSA) is 82.8 Å². The summed E-state index contributed by atoms with van der Waals surface area (Å²) in [7, 11) is 0. The summed E-state index contributed by atoms with van der Waals surface area (Å²) in [4.78, 5) is 38.6. The molecule has 0 aromatic rings. The van der Waals surface area contributed by atoms with E-state index in [1.807, 2.05) is 0 Å². The minimum atomic E-state index is -0.904. The van der Waals surface area contributed by atoms with E-state index in [-0.39, 0.29) is 30.6 Å². The number of epoxide rings is 2. The molecule has 0 radical (unpaired) electrons. The number of nitrogens with zero attached hydrogens (tertiary/aromatic N) is 2. The second kappa shape index (κ2) is 4.53. The highest BCUT2D eigenvalue weighted by Crippen LogP contribution is 2.34. The van der Waals surface area contributed by atoms with E-state index in [9.17, 15) is 14.4 Å². The first-order valence-electron chi connectivity index (χ1n) is 6.79. The highest BCUT2D eigenvalue weighted by atomic mass is 16.6. The molecule has 0 spiro atoms. The largest absolute Gasteiger partial charge is 0.371 e. The number of aldehydes is 1. The van der Waals surface area contributed by atoms with Crippen LogP contribution in [0.25, 0.3) is 0 Å². The Bertz CT molecular complexity index is 456. The van der Waals surface area contributed by atoms with Crippen LogP contribution < -0.4 is 0 Å². The van der Waals surface area contributed by atoms with E-state index in [1.165, 1.54) is 9.80 Å². The van der Waals surface area contributed by atoms with Crippen LogP contribution in [0.5, 0.6) is 0 Å². The Morgan fingerprint density at radius 1 is 1.35 bits per heavy atom. The average molecular weight is 282 g/mol. The Morgan fingerprint density at radius 2 is 2.00 bits per heavy atom. The number of urea groups is 1. The summed E-state index contributed by atoms with van der Waals surface area (Å²) in [5, 5.41) is 0. The molecular formula is C13H18N2O5. The zero-order valence-electron chi connectivity index (χ0n) is 11.6. The van der Waals surface area contributed by atoms with Gasteiger partial charge in [-0.1, -0.05) is 0 Å². The van der Waals surface area contributed by atoms with E-state index in [0.717, 1.165) is 6.29 Å². The molecule has 0 aromatic carbocycles. The maximum absolute atomic E-state index is 12.5. The van der Waals surface area contributed by atoms with E-state index in [1.54, 1.807) is 13.8 Å². The molecule has 110 valence electrons. The molecule has 3 saturated heterocycles. The molecule has 0 bridgehead atoms. The molecule has 0 aliphatic carbocycles. The smallest absolute Gasteiger partial charge is 0.328 e. The van der Waals surface area contributed by atoms with Gasteiger partial charge >= 0.3 is 6.03 Å². The Labute approximate surface area is 116 Å². The standard InChI is InChI=1S/C13H18N2O5/c1-13(2)11(17)15(9(3-4-16)10-7-20-10)12(18)14(13)5-8-6-19-8/h4,8-10H,3,5-7H2,1-2H3. The number of imide groups is 1. The molecule has 0 aromatic heterocycles. The van der Waals surface area contributed by atoms with Crippen LogP contribution in [0.15, 0.2) is 0 Å². The van der Waals surface area contributed by atoms with Gasteiger partial charge in [-0.2, -0.15) is 0 Å². The van der Waals surface area contributed by atoms with Crippen molar-refractivity contribution in [3.8, 4) is 0 Å². The van der Waals surface area contributed by atoms with Gasteiger partial charge < -0.3 is 19.2 Å². The van der Waals surface area contributed by atoms with Gasteiger partial charge in [0.05, 0.1) is 31.9 Å². The van der Waals surface area contributed by atoms with Gasteiger partial charge in [-0.05, 0) is 13.8 Å². The van der Waals surface area contributed by atoms with Gasteiger partial charge in [0, 0.05) is 6.42 Å². The first-order valence-corrected chi connectivity index (χ1v) is 6.79. The van der Waals surface area contributed by atoms with Gasteiger partial charge in [0.2, 0.25) is 0 Å². The Kier molecular flexibility index (Phi) is 3.06. The van der Waals surface area contributed by atoms with Crippen molar-refractivity contribution in [3.63, 3.8) is 0 Å². The van der Waals surface area contributed by atoms with Crippen LogP contribution in [-0.2, 0) is 19.1 Å². The molecule has 7 nitrogen and oxygen atoms in total. The lowest BCUT2D eigenvalue weighted by Crippen LogP contribution is -2.46. The van der Waals surface area contributed by atoms with Crippen molar-refractivity contribution in [1.82, 2.24) is 9.80 Å². The van der Waals surface area contributed by atoms with E-state index in [4.69, 9.17) is 9.47 Å². The first kappa shape index (κ1) is 13.5. The molecule has 3 rings (SSSR count). The van der Waals surface area contributed by atoms with Crippen molar-refractivity contribution in [2.24, 2.45) is 0 Å². The van der Waals surface area contributed by atoms with Gasteiger partial charge in [-0.3, -0.25) is 9.69 Å². The Hall–Kier alpha value is -1.47. The highest BCUT2D eigenvalue weighted by molar-refractivity contribution is 6.07. The number of carbonyl (C=O) groups is 3. The van der Waals surface area contributed by atoms with Crippen LogP contribution in [0.3, 0.4) is 0 Å². The molecule has 0 saturated carbocycles. The van der Waals surface area contributed by atoms with E-state index in [2.05, 4.69) is 0 Å². The van der Waals surface area contributed by atoms with Gasteiger partial charge in [0.1, 0.15) is 17.9 Å². The highest BCUT2D eigenvalue weighted by Gasteiger charge is 2.56. The summed E-state index contributed by atoms with van der Waals surface area (Å²) in [6, 6.07) is -0.838. The second-order valence-corrected chi connectivity index (χ2v) is 5.92. The summed E-state index contributed by atoms with van der Waals surface area (Å²) in [5.41, 5.74) is -0.904. The molecule has 3 amide bonds. The van der Waals surface area contributed by atoms with Gasteiger partial charge in [-0.15, -0.1) is 0 Å². The molecule has 3 atom stereocenters.